The Kier molecular flexibility index (Phi) is 4.24. The van der Waals surface area contributed by atoms with Crippen molar-refractivity contribution in [2.75, 3.05) is 6.26 Å². The van der Waals surface area contributed by atoms with Crippen LogP contribution in [0.4, 0.5) is 0 Å². The third kappa shape index (κ3) is 2.78. The second kappa shape index (κ2) is 5.88. The van der Waals surface area contributed by atoms with Crippen LogP contribution in [-0.2, 0) is 16.3 Å². The fourth-order valence-corrected chi connectivity index (χ4v) is 5.49. The third-order valence-electron chi connectivity index (χ3n) is 4.77. The summed E-state index contributed by atoms with van der Waals surface area (Å²) in [6, 6.07) is 0.0881. The lowest BCUT2D eigenvalue weighted by atomic mass is 10.0. The summed E-state index contributed by atoms with van der Waals surface area (Å²) in [4.78, 5) is 15.4. The fraction of sp³-hybridized carbons (Fsp3) is 0.786. The van der Waals surface area contributed by atoms with Gasteiger partial charge in [0, 0.05) is 18.3 Å². The van der Waals surface area contributed by atoms with E-state index >= 15 is 0 Å². The number of carbonyl (C=O) groups excluding carboxylic acids is 1. The van der Waals surface area contributed by atoms with Crippen molar-refractivity contribution >= 4 is 27.3 Å². The summed E-state index contributed by atoms with van der Waals surface area (Å²) in [7, 11) is -3.03. The van der Waals surface area contributed by atoms with E-state index in [4.69, 9.17) is 0 Å². The van der Waals surface area contributed by atoms with Crippen molar-refractivity contribution in [2.45, 2.75) is 62.8 Å². The highest BCUT2D eigenvalue weighted by Crippen LogP contribution is 2.39. The van der Waals surface area contributed by atoms with E-state index in [1.165, 1.54) is 6.26 Å². The molecule has 122 valence electrons. The van der Waals surface area contributed by atoms with Crippen LogP contribution in [0.15, 0.2) is 0 Å². The number of amides is 1. The number of carbonyl (C=O) groups is 1. The molecule has 0 radical (unpaired) electrons. The van der Waals surface area contributed by atoms with E-state index in [2.05, 4.69) is 16.5 Å². The monoisotopic (exact) mass is 343 g/mol. The van der Waals surface area contributed by atoms with Crippen LogP contribution < -0.4 is 0 Å². The van der Waals surface area contributed by atoms with E-state index in [9.17, 15) is 13.2 Å². The molecule has 1 aromatic rings. The fourth-order valence-electron chi connectivity index (χ4n) is 3.70. The predicted octanol–water partition coefficient (Wildman–Crippen LogP) is 1.67. The Balaban J connectivity index is 1.82. The van der Waals surface area contributed by atoms with Gasteiger partial charge in [-0.2, -0.15) is 0 Å². The minimum absolute atomic E-state index is 0.00194. The van der Waals surface area contributed by atoms with E-state index < -0.39 is 9.84 Å². The van der Waals surface area contributed by atoms with E-state index in [0.717, 1.165) is 42.9 Å². The van der Waals surface area contributed by atoms with Crippen LogP contribution in [-0.4, -0.2) is 52.4 Å². The number of hydrogen-bond donors (Lipinski definition) is 0. The number of rotatable bonds is 4. The molecule has 2 aliphatic heterocycles. The highest BCUT2D eigenvalue weighted by atomic mass is 32.2. The van der Waals surface area contributed by atoms with Crippen molar-refractivity contribution in [3.8, 4) is 0 Å². The quantitative estimate of drug-likeness (QED) is 0.831. The average Bonchev–Trinajstić information content (AvgIpc) is 3.00. The second-order valence-corrected chi connectivity index (χ2v) is 9.40. The van der Waals surface area contributed by atoms with Gasteiger partial charge in [-0.1, -0.05) is 17.8 Å². The molecule has 2 fully saturated rings. The first-order valence-corrected chi connectivity index (χ1v) is 10.5. The number of sulfone groups is 1. The van der Waals surface area contributed by atoms with Gasteiger partial charge in [0.1, 0.15) is 14.7 Å². The van der Waals surface area contributed by atoms with Gasteiger partial charge >= 0.3 is 0 Å². The van der Waals surface area contributed by atoms with Gasteiger partial charge < -0.3 is 4.90 Å². The molecule has 3 heterocycles. The number of aryl methyl sites for hydroxylation is 1. The van der Waals surface area contributed by atoms with E-state index in [1.807, 2.05) is 4.90 Å². The van der Waals surface area contributed by atoms with Crippen LogP contribution in [0.5, 0.6) is 0 Å². The Morgan fingerprint density at radius 1 is 1.32 bits per heavy atom. The largest absolute Gasteiger partial charge is 0.332 e. The molecule has 2 bridgehead atoms. The molecule has 0 N–H and O–H groups in total. The summed E-state index contributed by atoms with van der Waals surface area (Å²) in [5, 5.41) is 3.77. The van der Waals surface area contributed by atoms with Gasteiger partial charge in [0.25, 0.3) is 5.91 Å². The smallest absolute Gasteiger partial charge is 0.268 e. The van der Waals surface area contributed by atoms with Gasteiger partial charge in [-0.25, -0.2) is 8.42 Å². The van der Waals surface area contributed by atoms with Crippen molar-refractivity contribution < 1.29 is 13.2 Å². The Morgan fingerprint density at radius 2 is 1.95 bits per heavy atom. The zero-order valence-electron chi connectivity index (χ0n) is 12.9. The zero-order chi connectivity index (χ0) is 15.9. The van der Waals surface area contributed by atoms with Gasteiger partial charge in [-0.05, 0) is 43.6 Å². The number of piperidine rings is 1. The molecule has 2 unspecified atom stereocenters. The van der Waals surface area contributed by atoms with Crippen molar-refractivity contribution in [2.24, 2.45) is 0 Å². The second-order valence-electron chi connectivity index (χ2n) is 6.32. The average molecular weight is 343 g/mol. The van der Waals surface area contributed by atoms with Crippen LogP contribution in [0.25, 0.3) is 0 Å². The maximum atomic E-state index is 12.9. The van der Waals surface area contributed by atoms with Gasteiger partial charge in [0.05, 0.1) is 10.9 Å². The Hall–Kier alpha value is -1.02. The summed E-state index contributed by atoms with van der Waals surface area (Å²) in [6.45, 7) is 2.05. The summed E-state index contributed by atoms with van der Waals surface area (Å²) >= 11 is 1.16. The molecule has 6 nitrogen and oxygen atoms in total. The molecule has 22 heavy (non-hydrogen) atoms. The van der Waals surface area contributed by atoms with Crippen LogP contribution in [0.3, 0.4) is 0 Å². The Morgan fingerprint density at radius 3 is 2.50 bits per heavy atom. The number of aromatic nitrogens is 2. The van der Waals surface area contributed by atoms with Gasteiger partial charge in [0.15, 0.2) is 0 Å². The normalized spacial score (nSPS) is 28.1. The van der Waals surface area contributed by atoms with Gasteiger partial charge in [-0.3, -0.25) is 4.79 Å². The molecule has 2 saturated heterocycles. The molecule has 1 amide bonds. The number of nitrogens with zero attached hydrogens (tertiary/aromatic N) is 3. The maximum absolute atomic E-state index is 12.9. The first kappa shape index (κ1) is 15.9. The zero-order valence-corrected chi connectivity index (χ0v) is 14.5. The molecular formula is C14H21N3O3S2. The topological polar surface area (TPSA) is 80.2 Å². The molecule has 0 aliphatic carbocycles. The molecule has 2 aliphatic rings. The van der Waals surface area contributed by atoms with E-state index in [1.54, 1.807) is 0 Å². The minimum atomic E-state index is -3.03. The molecule has 0 saturated carbocycles. The van der Waals surface area contributed by atoms with Crippen LogP contribution in [0.2, 0.25) is 0 Å². The van der Waals surface area contributed by atoms with Gasteiger partial charge in [-0.15, -0.1) is 5.10 Å². The molecule has 0 spiro atoms. The number of fused-ring (bicyclic) bond motifs is 2. The number of hydrogen-bond acceptors (Lipinski definition) is 6. The van der Waals surface area contributed by atoms with Crippen molar-refractivity contribution in [3.05, 3.63) is 10.6 Å². The van der Waals surface area contributed by atoms with Crippen LogP contribution in [0, 0.1) is 0 Å². The van der Waals surface area contributed by atoms with E-state index in [0.29, 0.717) is 17.7 Å². The highest BCUT2D eigenvalue weighted by Gasteiger charge is 2.46. The van der Waals surface area contributed by atoms with Crippen LogP contribution >= 0.6 is 11.5 Å². The lowest BCUT2D eigenvalue weighted by Crippen LogP contribution is -2.49. The molecular weight excluding hydrogens is 322 g/mol. The molecule has 1 aromatic heterocycles. The maximum Gasteiger partial charge on any atom is 0.268 e. The first-order chi connectivity index (χ1) is 10.4. The van der Waals surface area contributed by atoms with E-state index in [-0.39, 0.29) is 23.2 Å². The third-order valence-corrected chi connectivity index (χ3v) is 7.12. The summed E-state index contributed by atoms with van der Waals surface area (Å²) < 4.78 is 27.6. The predicted molar refractivity (Wildman–Crippen MR) is 84.7 cm³/mol. The van der Waals surface area contributed by atoms with Crippen molar-refractivity contribution in [3.63, 3.8) is 0 Å². The Labute approximate surface area is 135 Å². The van der Waals surface area contributed by atoms with Crippen LogP contribution in [0.1, 0.15) is 54.4 Å². The highest BCUT2D eigenvalue weighted by molar-refractivity contribution is 7.91. The van der Waals surface area contributed by atoms with Gasteiger partial charge in [0.2, 0.25) is 0 Å². The minimum Gasteiger partial charge on any atom is -0.332 e. The lowest BCUT2D eigenvalue weighted by Gasteiger charge is -2.38. The molecule has 0 aromatic carbocycles. The summed E-state index contributed by atoms with van der Waals surface area (Å²) in [6.07, 6.45) is 5.92. The summed E-state index contributed by atoms with van der Waals surface area (Å²) in [5.41, 5.74) is 0.780. The summed E-state index contributed by atoms with van der Waals surface area (Å²) in [5.74, 6) is -0.00194. The molecule has 8 heteroatoms. The first-order valence-electron chi connectivity index (χ1n) is 7.74. The standard InChI is InChI=1S/C14H21N3O3S2/c1-3-4-12-13(21-16-15-12)14(18)17-9-5-6-10(17)8-11(7-9)22(2,19)20/h9-11H,3-8H2,1-2H3. The SMILES string of the molecule is CCCc1nnsc1C(=O)N1C2CCC1CC(S(C)(=O)=O)C2. The van der Waals surface area contributed by atoms with Crippen molar-refractivity contribution in [1.29, 1.82) is 0 Å². The van der Waals surface area contributed by atoms with Crippen molar-refractivity contribution in [1.82, 2.24) is 14.5 Å². The molecule has 3 rings (SSSR count). The lowest BCUT2D eigenvalue weighted by molar-refractivity contribution is 0.0602. The Bertz CT molecular complexity index is 657. The molecule has 2 atom stereocenters.